The zero-order valence-electron chi connectivity index (χ0n) is 12.9. The Morgan fingerprint density at radius 3 is 1.85 bits per heavy atom. The van der Waals surface area contributed by atoms with Crippen molar-refractivity contribution in [2.45, 2.75) is 40.0 Å². The maximum absolute atomic E-state index is 2.42. The minimum Gasteiger partial charge on any atom is -0.341 e. The van der Waals surface area contributed by atoms with Gasteiger partial charge in [-0.25, -0.2) is 0 Å². The fraction of sp³-hybridized carbons (Fsp3) is 0.368. The van der Waals surface area contributed by atoms with Crippen molar-refractivity contribution in [2.75, 3.05) is 11.4 Å². The Balaban J connectivity index is 2.27. The Morgan fingerprint density at radius 1 is 0.800 bits per heavy atom. The summed E-state index contributed by atoms with van der Waals surface area (Å²) in [6.07, 6.45) is 3.53. The van der Waals surface area contributed by atoms with Gasteiger partial charge in [-0.2, -0.15) is 0 Å². The lowest BCUT2D eigenvalue weighted by Crippen LogP contribution is -2.18. The number of nitrogens with zero attached hydrogens (tertiary/aromatic N) is 1. The molecule has 0 atom stereocenters. The first-order chi connectivity index (χ1) is 9.74. The average Bonchev–Trinajstić information content (AvgIpc) is 2.50. The Bertz CT molecular complexity index is 510. The maximum atomic E-state index is 2.42. The summed E-state index contributed by atoms with van der Waals surface area (Å²) < 4.78 is 0. The predicted molar refractivity (Wildman–Crippen MR) is 88.9 cm³/mol. The zero-order chi connectivity index (χ0) is 14.4. The lowest BCUT2D eigenvalue weighted by molar-refractivity contribution is 0.785. The summed E-state index contributed by atoms with van der Waals surface area (Å²) in [5, 5.41) is 0. The summed E-state index contributed by atoms with van der Waals surface area (Å²) in [5.74, 6) is 0. The van der Waals surface area contributed by atoms with Crippen molar-refractivity contribution in [3.63, 3.8) is 0 Å². The van der Waals surface area contributed by atoms with Gasteiger partial charge in [-0.3, -0.25) is 0 Å². The highest BCUT2D eigenvalue weighted by atomic mass is 15.1. The summed E-state index contributed by atoms with van der Waals surface area (Å²) in [6.45, 7) is 7.65. The van der Waals surface area contributed by atoms with Gasteiger partial charge in [0.15, 0.2) is 0 Å². The van der Waals surface area contributed by atoms with E-state index in [4.69, 9.17) is 0 Å². The van der Waals surface area contributed by atoms with Gasteiger partial charge in [-0.1, -0.05) is 50.1 Å². The second-order valence-corrected chi connectivity index (χ2v) is 5.36. The van der Waals surface area contributed by atoms with Crippen LogP contribution in [0.5, 0.6) is 0 Å². The number of aryl methyl sites for hydroxylation is 2. The van der Waals surface area contributed by atoms with E-state index in [0.717, 1.165) is 13.0 Å². The van der Waals surface area contributed by atoms with Crippen LogP contribution in [-0.4, -0.2) is 6.54 Å². The van der Waals surface area contributed by atoms with Crippen molar-refractivity contribution in [3.8, 4) is 0 Å². The topological polar surface area (TPSA) is 3.24 Å². The van der Waals surface area contributed by atoms with Crippen LogP contribution < -0.4 is 4.90 Å². The van der Waals surface area contributed by atoms with Crippen LogP contribution in [0.15, 0.2) is 48.5 Å². The largest absolute Gasteiger partial charge is 0.341 e. The van der Waals surface area contributed by atoms with E-state index >= 15 is 0 Å². The number of hydrogen-bond acceptors (Lipinski definition) is 1. The third kappa shape index (κ3) is 3.63. The molecule has 1 heteroatoms. The minimum atomic E-state index is 1.07. The van der Waals surface area contributed by atoms with Crippen molar-refractivity contribution in [3.05, 3.63) is 59.7 Å². The molecule has 0 bridgehead atoms. The molecule has 0 fully saturated rings. The number of anilines is 2. The molecule has 0 saturated carbocycles. The molecular formula is C19H25N. The zero-order valence-corrected chi connectivity index (χ0v) is 12.9. The van der Waals surface area contributed by atoms with Crippen molar-refractivity contribution in [1.29, 1.82) is 0 Å². The van der Waals surface area contributed by atoms with Crippen molar-refractivity contribution >= 4 is 11.4 Å². The van der Waals surface area contributed by atoms with Gasteiger partial charge in [0.25, 0.3) is 0 Å². The first kappa shape index (κ1) is 14.6. The highest BCUT2D eigenvalue weighted by Gasteiger charge is 2.08. The average molecular weight is 267 g/mol. The molecule has 2 rings (SSSR count). The van der Waals surface area contributed by atoms with Crippen LogP contribution >= 0.6 is 0 Å². The highest BCUT2D eigenvalue weighted by Crippen LogP contribution is 2.26. The van der Waals surface area contributed by atoms with Crippen LogP contribution in [-0.2, 0) is 6.42 Å². The quantitative estimate of drug-likeness (QED) is 0.668. The second kappa shape index (κ2) is 7.14. The van der Waals surface area contributed by atoms with E-state index in [1.807, 2.05) is 0 Å². The Labute approximate surface area is 123 Å². The summed E-state index contributed by atoms with van der Waals surface area (Å²) >= 11 is 0. The SMILES string of the molecule is CCCCN(c1ccc(C)cc1)c1ccc(CC)cc1. The third-order valence-electron chi connectivity index (χ3n) is 3.74. The number of hydrogen-bond donors (Lipinski definition) is 0. The van der Waals surface area contributed by atoms with Crippen LogP contribution in [0.2, 0.25) is 0 Å². The Hall–Kier alpha value is -1.76. The van der Waals surface area contributed by atoms with Gasteiger partial charge >= 0.3 is 0 Å². The predicted octanol–water partition coefficient (Wildman–Crippen LogP) is 5.50. The van der Waals surface area contributed by atoms with Crippen molar-refractivity contribution in [2.24, 2.45) is 0 Å². The third-order valence-corrected chi connectivity index (χ3v) is 3.74. The number of rotatable bonds is 6. The molecule has 0 aliphatic carbocycles. The molecular weight excluding hydrogens is 242 g/mol. The summed E-state index contributed by atoms with van der Waals surface area (Å²) in [6, 6.07) is 17.8. The molecule has 0 radical (unpaired) electrons. The molecule has 0 unspecified atom stereocenters. The first-order valence-corrected chi connectivity index (χ1v) is 7.67. The van der Waals surface area contributed by atoms with Gasteiger partial charge in [0, 0.05) is 17.9 Å². The summed E-state index contributed by atoms with van der Waals surface area (Å²) in [4.78, 5) is 2.42. The Kier molecular flexibility index (Phi) is 5.23. The van der Waals surface area contributed by atoms with E-state index < -0.39 is 0 Å². The van der Waals surface area contributed by atoms with E-state index in [0.29, 0.717) is 0 Å². The molecule has 0 heterocycles. The molecule has 20 heavy (non-hydrogen) atoms. The van der Waals surface area contributed by atoms with Gasteiger partial charge in [-0.15, -0.1) is 0 Å². The maximum Gasteiger partial charge on any atom is 0.0410 e. The fourth-order valence-corrected chi connectivity index (χ4v) is 2.36. The molecule has 0 aliphatic heterocycles. The monoisotopic (exact) mass is 267 g/mol. The van der Waals surface area contributed by atoms with E-state index in [-0.39, 0.29) is 0 Å². The van der Waals surface area contributed by atoms with Gasteiger partial charge in [0.2, 0.25) is 0 Å². The minimum absolute atomic E-state index is 1.07. The molecule has 0 N–H and O–H groups in total. The van der Waals surface area contributed by atoms with Gasteiger partial charge in [-0.05, 0) is 49.6 Å². The molecule has 2 aromatic carbocycles. The number of benzene rings is 2. The Morgan fingerprint density at radius 2 is 1.35 bits per heavy atom. The molecule has 0 amide bonds. The smallest absolute Gasteiger partial charge is 0.0410 e. The molecule has 1 nitrogen and oxygen atoms in total. The normalized spacial score (nSPS) is 10.6. The second-order valence-electron chi connectivity index (χ2n) is 5.36. The van der Waals surface area contributed by atoms with Crippen LogP contribution in [0.25, 0.3) is 0 Å². The standard InChI is InChI=1S/C19H25N/c1-4-6-15-20(18-11-7-16(3)8-12-18)19-13-9-17(5-2)10-14-19/h7-14H,4-6,15H2,1-3H3. The lowest BCUT2D eigenvalue weighted by Gasteiger charge is -2.25. The van der Waals surface area contributed by atoms with Gasteiger partial charge < -0.3 is 4.90 Å². The van der Waals surface area contributed by atoms with Crippen LogP contribution in [0.1, 0.15) is 37.8 Å². The van der Waals surface area contributed by atoms with E-state index in [2.05, 4.69) is 74.2 Å². The van der Waals surface area contributed by atoms with Crippen molar-refractivity contribution < 1.29 is 0 Å². The van der Waals surface area contributed by atoms with Gasteiger partial charge in [0.05, 0.1) is 0 Å². The molecule has 0 spiro atoms. The fourth-order valence-electron chi connectivity index (χ4n) is 2.36. The molecule has 106 valence electrons. The van der Waals surface area contributed by atoms with E-state index in [1.54, 1.807) is 0 Å². The van der Waals surface area contributed by atoms with E-state index in [9.17, 15) is 0 Å². The molecule has 2 aromatic rings. The van der Waals surface area contributed by atoms with Crippen LogP contribution in [0.3, 0.4) is 0 Å². The van der Waals surface area contributed by atoms with Gasteiger partial charge in [0.1, 0.15) is 0 Å². The van der Waals surface area contributed by atoms with Crippen molar-refractivity contribution in [1.82, 2.24) is 0 Å². The van der Waals surface area contributed by atoms with E-state index in [1.165, 1.54) is 35.3 Å². The first-order valence-electron chi connectivity index (χ1n) is 7.67. The van der Waals surface area contributed by atoms with Crippen LogP contribution in [0.4, 0.5) is 11.4 Å². The van der Waals surface area contributed by atoms with Crippen LogP contribution in [0, 0.1) is 6.92 Å². The summed E-state index contributed by atoms with van der Waals surface area (Å²) in [5.41, 5.74) is 5.28. The number of unbranched alkanes of at least 4 members (excludes halogenated alkanes) is 1. The summed E-state index contributed by atoms with van der Waals surface area (Å²) in [7, 11) is 0. The molecule has 0 aromatic heterocycles. The molecule has 0 saturated heterocycles. The highest BCUT2D eigenvalue weighted by molar-refractivity contribution is 5.63. The lowest BCUT2D eigenvalue weighted by atomic mass is 10.1. The molecule has 0 aliphatic rings.